The van der Waals surface area contributed by atoms with Gasteiger partial charge in [0.1, 0.15) is 36.8 Å². The molecule has 1 aliphatic rings. The third kappa shape index (κ3) is 5.62. The van der Waals surface area contributed by atoms with Gasteiger partial charge in [-0.3, -0.25) is 0 Å². The highest BCUT2D eigenvalue weighted by atomic mass is 16.7. The molecule has 0 amide bonds. The van der Waals surface area contributed by atoms with E-state index in [1.807, 2.05) is 0 Å². The Kier molecular flexibility index (Phi) is 8.46. The quantitative estimate of drug-likeness (QED) is 0.356. The molecular weight excluding hydrogens is 468 g/mol. The van der Waals surface area contributed by atoms with Crippen molar-refractivity contribution >= 4 is 5.97 Å². The van der Waals surface area contributed by atoms with Gasteiger partial charge < -0.3 is 53.6 Å². The number of ether oxygens (including phenoxy) is 7. The van der Waals surface area contributed by atoms with Gasteiger partial charge in [-0.2, -0.15) is 0 Å². The Bertz CT molecular complexity index is 1000. The van der Waals surface area contributed by atoms with E-state index in [0.717, 1.165) is 0 Å². The Hall–Kier alpha value is -3.45. The number of phenolic OH excluding ortho intramolecular Hbond substituents is 1. The van der Waals surface area contributed by atoms with E-state index in [2.05, 4.69) is 0 Å². The molecule has 5 atom stereocenters. The number of benzene rings is 2. The van der Waals surface area contributed by atoms with Crippen LogP contribution in [0.5, 0.6) is 34.5 Å². The second kappa shape index (κ2) is 11.3. The molecule has 2 aromatic rings. The highest BCUT2D eigenvalue weighted by Gasteiger charge is 2.45. The van der Waals surface area contributed by atoms with Gasteiger partial charge in [0.15, 0.2) is 23.0 Å². The first-order valence-corrected chi connectivity index (χ1v) is 10.4. The maximum absolute atomic E-state index is 12.4. The molecule has 0 radical (unpaired) electrons. The normalized spacial score (nSPS) is 23.8. The van der Waals surface area contributed by atoms with Crippen molar-refractivity contribution in [2.75, 3.05) is 35.0 Å². The summed E-state index contributed by atoms with van der Waals surface area (Å²) in [5, 5.41) is 40.7. The van der Waals surface area contributed by atoms with Crippen molar-refractivity contribution in [1.29, 1.82) is 0 Å². The van der Waals surface area contributed by atoms with Crippen LogP contribution in [0.15, 0.2) is 30.3 Å². The SMILES string of the molecule is COc1cc(C(=O)OC[C@H]2O[C@@H](Oc3cc(OC)c(OC)c(OC)c3)[C@H](O)[C@H](O)[C@@H]2O)ccc1O. The average molecular weight is 496 g/mol. The van der Waals surface area contributed by atoms with Crippen molar-refractivity contribution in [3.63, 3.8) is 0 Å². The third-order valence-electron chi connectivity index (χ3n) is 5.35. The summed E-state index contributed by atoms with van der Waals surface area (Å²) in [4.78, 5) is 12.4. The lowest BCUT2D eigenvalue weighted by Gasteiger charge is -2.40. The number of phenols is 1. The lowest BCUT2D eigenvalue weighted by Crippen LogP contribution is -2.60. The van der Waals surface area contributed by atoms with E-state index >= 15 is 0 Å². The zero-order valence-electron chi connectivity index (χ0n) is 19.5. The fourth-order valence-electron chi connectivity index (χ4n) is 3.46. The molecule has 0 saturated carbocycles. The van der Waals surface area contributed by atoms with Crippen LogP contribution in [-0.4, -0.2) is 92.1 Å². The highest BCUT2D eigenvalue weighted by molar-refractivity contribution is 5.90. The molecule has 0 aliphatic carbocycles. The van der Waals surface area contributed by atoms with Crippen molar-refractivity contribution in [1.82, 2.24) is 0 Å². The van der Waals surface area contributed by atoms with Crippen LogP contribution in [0.4, 0.5) is 0 Å². The van der Waals surface area contributed by atoms with Gasteiger partial charge in [0.2, 0.25) is 12.0 Å². The standard InChI is InChI=1S/C23H28O12/c1-29-14-7-11(5-6-13(14)24)22(28)33-10-17-18(25)19(26)20(27)23(35-17)34-12-8-15(30-2)21(32-4)16(9-12)31-3/h5-9,17-20,23-27H,10H2,1-4H3/t17-,18-,19-,20-,23-/m1/s1. The summed E-state index contributed by atoms with van der Waals surface area (Å²) in [7, 11) is 5.60. The lowest BCUT2D eigenvalue weighted by atomic mass is 9.99. The molecule has 1 fully saturated rings. The fourth-order valence-corrected chi connectivity index (χ4v) is 3.46. The van der Waals surface area contributed by atoms with E-state index in [9.17, 15) is 25.2 Å². The average Bonchev–Trinajstić information content (AvgIpc) is 2.87. The van der Waals surface area contributed by atoms with Crippen LogP contribution in [0.2, 0.25) is 0 Å². The van der Waals surface area contributed by atoms with E-state index in [-0.39, 0.29) is 34.3 Å². The van der Waals surface area contributed by atoms with E-state index in [0.29, 0.717) is 5.75 Å². The number of methoxy groups -OCH3 is 4. The van der Waals surface area contributed by atoms with Crippen LogP contribution >= 0.6 is 0 Å². The van der Waals surface area contributed by atoms with Crippen LogP contribution in [0, 0.1) is 0 Å². The second-order valence-electron chi connectivity index (χ2n) is 7.48. The first-order chi connectivity index (χ1) is 16.7. The number of aromatic hydroxyl groups is 1. The molecule has 1 saturated heterocycles. The number of esters is 1. The van der Waals surface area contributed by atoms with Crippen LogP contribution < -0.4 is 23.7 Å². The number of hydrogen-bond acceptors (Lipinski definition) is 12. The van der Waals surface area contributed by atoms with Crippen LogP contribution in [0.25, 0.3) is 0 Å². The van der Waals surface area contributed by atoms with Gasteiger partial charge in [0, 0.05) is 12.1 Å². The molecule has 3 rings (SSSR count). The van der Waals surface area contributed by atoms with Gasteiger partial charge in [-0.25, -0.2) is 4.79 Å². The molecule has 0 bridgehead atoms. The number of aliphatic hydroxyl groups is 3. The number of rotatable bonds is 9. The number of carbonyl (C=O) groups is 1. The predicted octanol–water partition coefficient (Wildman–Crippen LogP) is 0.470. The minimum atomic E-state index is -1.66. The summed E-state index contributed by atoms with van der Waals surface area (Å²) in [5.41, 5.74) is 0.0794. The monoisotopic (exact) mass is 496 g/mol. The van der Waals surface area contributed by atoms with Gasteiger partial charge in [-0.15, -0.1) is 0 Å². The van der Waals surface area contributed by atoms with Gasteiger partial charge >= 0.3 is 5.97 Å². The molecule has 192 valence electrons. The highest BCUT2D eigenvalue weighted by Crippen LogP contribution is 2.41. The van der Waals surface area contributed by atoms with Crippen molar-refractivity contribution in [2.24, 2.45) is 0 Å². The molecule has 1 aliphatic heterocycles. The molecule has 4 N–H and O–H groups in total. The largest absolute Gasteiger partial charge is 0.504 e. The third-order valence-corrected chi connectivity index (χ3v) is 5.35. The number of carbonyl (C=O) groups excluding carboxylic acids is 1. The summed E-state index contributed by atoms with van der Waals surface area (Å²) in [6.07, 6.45) is -7.53. The van der Waals surface area contributed by atoms with E-state index in [4.69, 9.17) is 33.2 Å². The zero-order valence-corrected chi connectivity index (χ0v) is 19.5. The lowest BCUT2D eigenvalue weighted by molar-refractivity contribution is -0.277. The Balaban J connectivity index is 1.73. The predicted molar refractivity (Wildman–Crippen MR) is 118 cm³/mol. The van der Waals surface area contributed by atoms with Gasteiger partial charge in [0.05, 0.1) is 34.0 Å². The van der Waals surface area contributed by atoms with Crippen LogP contribution in [0.3, 0.4) is 0 Å². The molecule has 1 heterocycles. The summed E-state index contributed by atoms with van der Waals surface area (Å²) in [6, 6.07) is 6.80. The maximum atomic E-state index is 12.4. The summed E-state index contributed by atoms with van der Waals surface area (Å²) in [6.45, 7) is -0.470. The molecule has 0 aromatic heterocycles. The molecular formula is C23H28O12. The molecule has 0 unspecified atom stereocenters. The Morgan fingerprint density at radius 2 is 1.49 bits per heavy atom. The first kappa shape index (κ1) is 26.2. The zero-order chi connectivity index (χ0) is 25.7. The number of hydrogen-bond donors (Lipinski definition) is 4. The minimum absolute atomic E-state index is 0.0748. The Labute approximate surface area is 201 Å². The van der Waals surface area contributed by atoms with Gasteiger partial charge in [-0.05, 0) is 18.2 Å². The molecule has 35 heavy (non-hydrogen) atoms. The molecule has 0 spiro atoms. The molecule has 2 aromatic carbocycles. The Morgan fingerprint density at radius 3 is 2.06 bits per heavy atom. The summed E-state index contributed by atoms with van der Waals surface area (Å²) in [5.74, 6) is 0.161. The maximum Gasteiger partial charge on any atom is 0.338 e. The summed E-state index contributed by atoms with van der Waals surface area (Å²) < 4.78 is 37.2. The Morgan fingerprint density at radius 1 is 0.857 bits per heavy atom. The van der Waals surface area contributed by atoms with Crippen LogP contribution in [-0.2, 0) is 9.47 Å². The molecule has 12 nitrogen and oxygen atoms in total. The topological polar surface area (TPSA) is 163 Å². The van der Waals surface area contributed by atoms with Crippen LogP contribution in [0.1, 0.15) is 10.4 Å². The first-order valence-electron chi connectivity index (χ1n) is 10.4. The fraction of sp³-hybridized carbons (Fsp3) is 0.435. The van der Waals surface area contributed by atoms with E-state index in [1.54, 1.807) is 0 Å². The summed E-state index contributed by atoms with van der Waals surface area (Å²) >= 11 is 0. The number of aliphatic hydroxyl groups excluding tert-OH is 3. The van der Waals surface area contributed by atoms with Crippen molar-refractivity contribution in [2.45, 2.75) is 30.7 Å². The van der Waals surface area contributed by atoms with Crippen molar-refractivity contribution in [3.8, 4) is 34.5 Å². The van der Waals surface area contributed by atoms with E-state index < -0.39 is 43.3 Å². The van der Waals surface area contributed by atoms with E-state index in [1.165, 1.54) is 58.8 Å². The second-order valence-corrected chi connectivity index (χ2v) is 7.48. The van der Waals surface area contributed by atoms with Gasteiger partial charge in [0.25, 0.3) is 0 Å². The molecule has 12 heteroatoms. The smallest absolute Gasteiger partial charge is 0.338 e. The van der Waals surface area contributed by atoms with Crippen molar-refractivity contribution < 1.29 is 58.4 Å². The minimum Gasteiger partial charge on any atom is -0.504 e. The van der Waals surface area contributed by atoms with Crippen molar-refractivity contribution in [3.05, 3.63) is 35.9 Å². The van der Waals surface area contributed by atoms with Gasteiger partial charge in [-0.1, -0.05) is 0 Å².